The topological polar surface area (TPSA) is 113 Å². The number of aromatic hydroxyl groups is 1. The number of hydrogen-bond acceptors (Lipinski definition) is 5. The normalized spacial score (nSPS) is 19.6. The van der Waals surface area contributed by atoms with Crippen molar-refractivity contribution in [2.45, 2.75) is 11.7 Å². The van der Waals surface area contributed by atoms with Crippen LogP contribution in [-0.2, 0) is 10.0 Å². The Labute approximate surface area is 111 Å². The molecule has 2 rings (SSSR count). The van der Waals surface area contributed by atoms with Crippen LogP contribution in [0.5, 0.6) is 5.75 Å². The summed E-state index contributed by atoms with van der Waals surface area (Å²) in [5.41, 5.74) is 0.413. The van der Waals surface area contributed by atoms with Gasteiger partial charge in [-0.25, -0.2) is 8.42 Å². The van der Waals surface area contributed by atoms with Gasteiger partial charge in [0.05, 0.1) is 5.25 Å². The Balaban J connectivity index is 2.09. The molecule has 0 spiro atoms. The highest BCUT2D eigenvalue weighted by Crippen LogP contribution is 2.19. The first kappa shape index (κ1) is 13.8. The van der Waals surface area contributed by atoms with Crippen molar-refractivity contribution in [1.82, 2.24) is 9.73 Å². The molecule has 1 heterocycles. The van der Waals surface area contributed by atoms with Gasteiger partial charge in [-0.3, -0.25) is 10.6 Å². The molecule has 4 N–H and O–H groups in total. The Kier molecular flexibility index (Phi) is 3.74. The Morgan fingerprint density at radius 3 is 2.58 bits per heavy atom. The van der Waals surface area contributed by atoms with Crippen LogP contribution in [0, 0.1) is 0 Å². The number of nitrogens with zero attached hydrogens (tertiary/aromatic N) is 1. The minimum Gasteiger partial charge on any atom is -0.508 e. The zero-order valence-corrected chi connectivity index (χ0v) is 10.9. The summed E-state index contributed by atoms with van der Waals surface area (Å²) in [6, 6.07) is 5.83. The lowest BCUT2D eigenvalue weighted by Gasteiger charge is -2.16. The maximum Gasteiger partial charge on any atom is 0.253 e. The SMILES string of the molecule is NNS(=O)(=O)C1CCN(C(=O)c2ccc(O)cc2)C1. The number of carbonyl (C=O) groups excluding carboxylic acids is 1. The van der Waals surface area contributed by atoms with Gasteiger partial charge in [-0.2, -0.15) is 4.83 Å². The molecule has 8 heteroatoms. The van der Waals surface area contributed by atoms with E-state index in [1.807, 2.05) is 0 Å². The van der Waals surface area contributed by atoms with Crippen molar-refractivity contribution in [1.29, 1.82) is 0 Å². The third kappa shape index (κ3) is 2.86. The lowest BCUT2D eigenvalue weighted by molar-refractivity contribution is 0.0793. The van der Waals surface area contributed by atoms with Gasteiger partial charge < -0.3 is 10.0 Å². The number of amides is 1. The lowest BCUT2D eigenvalue weighted by Crippen LogP contribution is -2.40. The van der Waals surface area contributed by atoms with E-state index >= 15 is 0 Å². The third-order valence-corrected chi connectivity index (χ3v) is 4.74. The highest BCUT2D eigenvalue weighted by molar-refractivity contribution is 7.90. The first-order chi connectivity index (χ1) is 8.94. The number of likely N-dealkylation sites (tertiary alicyclic amines) is 1. The van der Waals surface area contributed by atoms with Gasteiger partial charge >= 0.3 is 0 Å². The van der Waals surface area contributed by atoms with E-state index in [0.717, 1.165) is 0 Å². The zero-order valence-electron chi connectivity index (χ0n) is 10.1. The number of carbonyl (C=O) groups is 1. The van der Waals surface area contributed by atoms with E-state index in [2.05, 4.69) is 0 Å². The molecule has 0 radical (unpaired) electrons. The first-order valence-corrected chi connectivity index (χ1v) is 7.28. The lowest BCUT2D eigenvalue weighted by atomic mass is 10.2. The molecule has 1 aromatic carbocycles. The highest BCUT2D eigenvalue weighted by atomic mass is 32.2. The van der Waals surface area contributed by atoms with Crippen LogP contribution in [0.4, 0.5) is 0 Å². The van der Waals surface area contributed by atoms with E-state index in [0.29, 0.717) is 18.5 Å². The number of phenolic OH excluding ortho intramolecular Hbond substituents is 1. The highest BCUT2D eigenvalue weighted by Gasteiger charge is 2.34. The molecule has 1 fully saturated rings. The minimum absolute atomic E-state index is 0.0748. The summed E-state index contributed by atoms with van der Waals surface area (Å²) < 4.78 is 23.1. The fourth-order valence-electron chi connectivity index (χ4n) is 2.05. The van der Waals surface area contributed by atoms with Crippen molar-refractivity contribution >= 4 is 15.9 Å². The Morgan fingerprint density at radius 2 is 2.00 bits per heavy atom. The number of rotatable bonds is 3. The molecule has 7 nitrogen and oxygen atoms in total. The molecule has 1 amide bonds. The molecule has 1 aromatic rings. The summed E-state index contributed by atoms with van der Waals surface area (Å²) in [7, 11) is -3.56. The van der Waals surface area contributed by atoms with E-state index in [1.165, 1.54) is 29.2 Å². The van der Waals surface area contributed by atoms with Crippen LogP contribution in [0.25, 0.3) is 0 Å². The third-order valence-electron chi connectivity index (χ3n) is 3.15. The van der Waals surface area contributed by atoms with E-state index in [-0.39, 0.29) is 18.2 Å². The molecule has 1 aliphatic heterocycles. The number of nitrogens with one attached hydrogen (secondary N) is 1. The smallest absolute Gasteiger partial charge is 0.253 e. The van der Waals surface area contributed by atoms with E-state index in [9.17, 15) is 13.2 Å². The van der Waals surface area contributed by atoms with Crippen molar-refractivity contribution in [2.75, 3.05) is 13.1 Å². The largest absolute Gasteiger partial charge is 0.508 e. The molecule has 0 bridgehead atoms. The molecule has 1 aliphatic rings. The maximum atomic E-state index is 12.1. The van der Waals surface area contributed by atoms with Crippen LogP contribution in [0.2, 0.25) is 0 Å². The number of phenols is 1. The van der Waals surface area contributed by atoms with Gasteiger partial charge in [0.1, 0.15) is 5.75 Å². The fourth-order valence-corrected chi connectivity index (χ4v) is 3.03. The van der Waals surface area contributed by atoms with Crippen LogP contribution in [0.3, 0.4) is 0 Å². The van der Waals surface area contributed by atoms with E-state index < -0.39 is 15.3 Å². The van der Waals surface area contributed by atoms with Crippen LogP contribution >= 0.6 is 0 Å². The molecule has 1 unspecified atom stereocenters. The van der Waals surface area contributed by atoms with Gasteiger partial charge in [0.15, 0.2) is 0 Å². The molecule has 0 aromatic heterocycles. The summed E-state index contributed by atoms with van der Waals surface area (Å²) in [4.78, 5) is 15.4. The minimum atomic E-state index is -3.56. The first-order valence-electron chi connectivity index (χ1n) is 5.73. The van der Waals surface area contributed by atoms with Gasteiger partial charge in [0.2, 0.25) is 10.0 Å². The van der Waals surface area contributed by atoms with E-state index in [4.69, 9.17) is 10.9 Å². The monoisotopic (exact) mass is 285 g/mol. The van der Waals surface area contributed by atoms with Crippen molar-refractivity contribution in [2.24, 2.45) is 5.84 Å². The second-order valence-electron chi connectivity index (χ2n) is 4.37. The summed E-state index contributed by atoms with van der Waals surface area (Å²) in [6.07, 6.45) is 0.357. The molecule has 1 atom stereocenters. The van der Waals surface area contributed by atoms with Crippen molar-refractivity contribution in [3.63, 3.8) is 0 Å². The average molecular weight is 285 g/mol. The number of hydrogen-bond donors (Lipinski definition) is 3. The number of sulfonamides is 1. The standard InChI is InChI=1S/C11H15N3O4S/c12-13-19(17,18)10-5-6-14(7-10)11(16)8-1-3-9(15)4-2-8/h1-4,10,13,15H,5-7,12H2. The zero-order chi connectivity index (χ0) is 14.0. The van der Waals surface area contributed by atoms with Gasteiger partial charge in [-0.15, -0.1) is 0 Å². The van der Waals surface area contributed by atoms with Crippen molar-refractivity contribution < 1.29 is 18.3 Å². The molecule has 104 valence electrons. The van der Waals surface area contributed by atoms with Gasteiger partial charge in [0.25, 0.3) is 5.91 Å². The quantitative estimate of drug-likeness (QED) is 0.507. The Bertz CT molecular complexity index is 570. The molecular formula is C11H15N3O4S. The number of nitrogens with two attached hydrogens (primary N) is 1. The van der Waals surface area contributed by atoms with E-state index in [1.54, 1.807) is 4.83 Å². The van der Waals surface area contributed by atoms with Crippen LogP contribution in [0.1, 0.15) is 16.8 Å². The predicted octanol–water partition coefficient (Wildman–Crippen LogP) is -0.600. The van der Waals surface area contributed by atoms with Crippen LogP contribution < -0.4 is 10.7 Å². The molecule has 0 aliphatic carbocycles. The summed E-state index contributed by atoms with van der Waals surface area (Å²) in [5.74, 6) is 4.79. The average Bonchev–Trinajstić information content (AvgIpc) is 2.89. The number of benzene rings is 1. The number of hydrazine groups is 1. The Morgan fingerprint density at radius 1 is 1.37 bits per heavy atom. The molecular weight excluding hydrogens is 270 g/mol. The molecule has 1 saturated heterocycles. The second-order valence-corrected chi connectivity index (χ2v) is 6.36. The summed E-state index contributed by atoms with van der Waals surface area (Å²) in [6.45, 7) is 0.484. The summed E-state index contributed by atoms with van der Waals surface area (Å²) in [5, 5.41) is 8.48. The predicted molar refractivity (Wildman–Crippen MR) is 68.7 cm³/mol. The van der Waals surface area contributed by atoms with Crippen LogP contribution in [0.15, 0.2) is 24.3 Å². The maximum absolute atomic E-state index is 12.1. The van der Waals surface area contributed by atoms with Crippen molar-refractivity contribution in [3.8, 4) is 5.75 Å². The second kappa shape index (κ2) is 5.16. The molecule has 19 heavy (non-hydrogen) atoms. The summed E-state index contributed by atoms with van der Waals surface area (Å²) >= 11 is 0. The fraction of sp³-hybridized carbons (Fsp3) is 0.364. The van der Waals surface area contributed by atoms with Crippen LogP contribution in [-0.4, -0.2) is 42.7 Å². The van der Waals surface area contributed by atoms with Crippen molar-refractivity contribution in [3.05, 3.63) is 29.8 Å². The van der Waals surface area contributed by atoms with Gasteiger partial charge in [-0.05, 0) is 30.7 Å². The van der Waals surface area contributed by atoms with Gasteiger partial charge in [-0.1, -0.05) is 0 Å². The van der Waals surface area contributed by atoms with Gasteiger partial charge in [0, 0.05) is 18.7 Å². The Hall–Kier alpha value is -1.64. The molecule has 0 saturated carbocycles.